The van der Waals surface area contributed by atoms with E-state index in [0.717, 1.165) is 38.7 Å². The number of aliphatic hydroxyl groups excluding tert-OH is 1. The number of anilines is 1. The van der Waals surface area contributed by atoms with Crippen molar-refractivity contribution < 1.29 is 9.84 Å². The molecule has 0 aliphatic heterocycles. The molecule has 0 radical (unpaired) electrons. The van der Waals surface area contributed by atoms with Gasteiger partial charge < -0.3 is 15.2 Å². The van der Waals surface area contributed by atoms with Crippen LogP contribution >= 0.6 is 11.3 Å². The zero-order valence-corrected chi connectivity index (χ0v) is 15.8. The van der Waals surface area contributed by atoms with Crippen LogP contribution in [-0.4, -0.2) is 34.3 Å². The second kappa shape index (κ2) is 7.37. The normalized spacial score (nSPS) is 12.4. The van der Waals surface area contributed by atoms with Crippen LogP contribution in [0.2, 0.25) is 0 Å². The zero-order valence-electron chi connectivity index (χ0n) is 15.0. The molecule has 25 heavy (non-hydrogen) atoms. The van der Waals surface area contributed by atoms with Gasteiger partial charge in [0, 0.05) is 17.0 Å². The third-order valence-electron chi connectivity index (χ3n) is 3.86. The molecule has 0 fully saturated rings. The molecule has 2 heterocycles. The fourth-order valence-electron chi connectivity index (χ4n) is 2.82. The van der Waals surface area contributed by atoms with Gasteiger partial charge in [0.1, 0.15) is 22.2 Å². The molecule has 0 saturated heterocycles. The van der Waals surface area contributed by atoms with Gasteiger partial charge in [-0.1, -0.05) is 12.1 Å². The highest BCUT2D eigenvalue weighted by atomic mass is 32.1. The number of aliphatic hydroxyl groups is 1. The number of rotatable bonds is 6. The van der Waals surface area contributed by atoms with Crippen molar-refractivity contribution in [1.82, 2.24) is 9.97 Å². The van der Waals surface area contributed by atoms with Crippen molar-refractivity contribution >= 4 is 27.4 Å². The number of thiophene rings is 1. The maximum absolute atomic E-state index is 9.61. The summed E-state index contributed by atoms with van der Waals surface area (Å²) in [4.78, 5) is 11.3. The third kappa shape index (κ3) is 3.75. The summed E-state index contributed by atoms with van der Waals surface area (Å²) in [5.41, 5.74) is 2.25. The molecule has 0 spiro atoms. The SMILES string of the molecule is CCOc1ccc(-c2c(C)sc3nc(C)nc(NCC(C)O)c23)cc1. The van der Waals surface area contributed by atoms with E-state index >= 15 is 0 Å². The fourth-order valence-corrected chi connectivity index (χ4v) is 3.91. The highest BCUT2D eigenvalue weighted by Gasteiger charge is 2.18. The lowest BCUT2D eigenvalue weighted by molar-refractivity contribution is 0.208. The number of benzene rings is 1. The number of fused-ring (bicyclic) bond motifs is 1. The second-order valence-corrected chi connectivity index (χ2v) is 7.22. The number of aromatic nitrogens is 2. The van der Waals surface area contributed by atoms with E-state index in [0.29, 0.717) is 13.2 Å². The molecule has 5 nitrogen and oxygen atoms in total. The van der Waals surface area contributed by atoms with E-state index in [2.05, 4.69) is 34.3 Å². The Bertz CT molecular complexity index is 873. The van der Waals surface area contributed by atoms with Gasteiger partial charge in [0.15, 0.2) is 0 Å². The minimum Gasteiger partial charge on any atom is -0.494 e. The third-order valence-corrected chi connectivity index (χ3v) is 4.86. The molecule has 6 heteroatoms. The minimum atomic E-state index is -0.445. The van der Waals surface area contributed by atoms with Gasteiger partial charge in [0.05, 0.1) is 18.1 Å². The van der Waals surface area contributed by atoms with Gasteiger partial charge in [0.2, 0.25) is 0 Å². The van der Waals surface area contributed by atoms with E-state index in [1.165, 1.54) is 4.88 Å². The Morgan fingerprint density at radius 1 is 1.20 bits per heavy atom. The molecule has 1 atom stereocenters. The molecule has 2 aromatic heterocycles. The van der Waals surface area contributed by atoms with Crippen molar-refractivity contribution in [3.05, 3.63) is 35.0 Å². The lowest BCUT2D eigenvalue weighted by atomic mass is 10.0. The molecule has 2 N–H and O–H groups in total. The first-order valence-electron chi connectivity index (χ1n) is 8.42. The van der Waals surface area contributed by atoms with Crippen LogP contribution in [0.4, 0.5) is 5.82 Å². The van der Waals surface area contributed by atoms with Crippen molar-refractivity contribution in [2.24, 2.45) is 0 Å². The monoisotopic (exact) mass is 357 g/mol. The summed E-state index contributed by atoms with van der Waals surface area (Å²) in [5.74, 6) is 2.36. The molecule has 1 aromatic carbocycles. The van der Waals surface area contributed by atoms with Crippen LogP contribution in [0.5, 0.6) is 5.75 Å². The first-order chi connectivity index (χ1) is 12.0. The van der Waals surface area contributed by atoms with Crippen molar-refractivity contribution in [3.63, 3.8) is 0 Å². The average Bonchev–Trinajstić information content (AvgIpc) is 2.89. The highest BCUT2D eigenvalue weighted by Crippen LogP contribution is 2.41. The summed E-state index contributed by atoms with van der Waals surface area (Å²) in [6.07, 6.45) is -0.445. The van der Waals surface area contributed by atoms with Crippen molar-refractivity contribution in [2.45, 2.75) is 33.8 Å². The minimum absolute atomic E-state index is 0.445. The van der Waals surface area contributed by atoms with E-state index in [-0.39, 0.29) is 0 Å². The molecule has 0 aliphatic carbocycles. The van der Waals surface area contributed by atoms with Crippen LogP contribution in [0.3, 0.4) is 0 Å². The zero-order chi connectivity index (χ0) is 18.0. The smallest absolute Gasteiger partial charge is 0.139 e. The van der Waals surface area contributed by atoms with Crippen molar-refractivity contribution in [3.8, 4) is 16.9 Å². The van der Waals surface area contributed by atoms with Gasteiger partial charge in [-0.3, -0.25) is 0 Å². The van der Waals surface area contributed by atoms with E-state index < -0.39 is 6.10 Å². The second-order valence-electron chi connectivity index (χ2n) is 6.02. The summed E-state index contributed by atoms with van der Waals surface area (Å²) >= 11 is 1.67. The Hall–Kier alpha value is -2.18. The van der Waals surface area contributed by atoms with Crippen LogP contribution in [0, 0.1) is 13.8 Å². The Balaban J connectivity index is 2.12. The van der Waals surface area contributed by atoms with Crippen molar-refractivity contribution in [1.29, 1.82) is 0 Å². The van der Waals surface area contributed by atoms with Gasteiger partial charge in [-0.15, -0.1) is 11.3 Å². The predicted octanol–water partition coefficient (Wildman–Crippen LogP) is 4.17. The fraction of sp³-hybridized carbons (Fsp3) is 0.368. The molecule has 3 rings (SSSR count). The molecule has 3 aromatic rings. The first kappa shape index (κ1) is 17.6. The molecule has 0 aliphatic rings. The van der Waals surface area contributed by atoms with Gasteiger partial charge in [-0.2, -0.15) is 0 Å². The maximum Gasteiger partial charge on any atom is 0.139 e. The lowest BCUT2D eigenvalue weighted by Gasteiger charge is -2.11. The van der Waals surface area contributed by atoms with Crippen LogP contribution in [0.15, 0.2) is 24.3 Å². The predicted molar refractivity (Wildman–Crippen MR) is 104 cm³/mol. The molecule has 0 saturated carbocycles. The molecule has 1 unspecified atom stereocenters. The summed E-state index contributed by atoms with van der Waals surface area (Å²) in [6, 6.07) is 8.11. The highest BCUT2D eigenvalue weighted by molar-refractivity contribution is 7.19. The Labute approximate surface area is 151 Å². The molecule has 132 valence electrons. The summed E-state index contributed by atoms with van der Waals surface area (Å²) < 4.78 is 5.54. The molecule has 0 amide bonds. The first-order valence-corrected chi connectivity index (χ1v) is 9.24. The Kier molecular flexibility index (Phi) is 5.20. The molecular formula is C19H23N3O2S. The molecule has 0 bridgehead atoms. The van der Waals surface area contributed by atoms with E-state index in [1.807, 2.05) is 26.0 Å². The van der Waals surface area contributed by atoms with Crippen molar-refractivity contribution in [2.75, 3.05) is 18.5 Å². The number of hydrogen-bond donors (Lipinski definition) is 2. The maximum atomic E-state index is 9.61. The number of nitrogens with one attached hydrogen (secondary N) is 1. The Morgan fingerprint density at radius 3 is 2.56 bits per heavy atom. The summed E-state index contributed by atoms with van der Waals surface area (Å²) in [5, 5.41) is 13.9. The quantitative estimate of drug-likeness (QED) is 0.693. The van der Waals surface area contributed by atoms with Gasteiger partial charge in [-0.25, -0.2) is 9.97 Å². The van der Waals surface area contributed by atoms with E-state index in [4.69, 9.17) is 4.74 Å². The van der Waals surface area contributed by atoms with E-state index in [9.17, 15) is 5.11 Å². The van der Waals surface area contributed by atoms with Gasteiger partial charge >= 0.3 is 0 Å². The van der Waals surface area contributed by atoms with Crippen LogP contribution in [-0.2, 0) is 0 Å². The van der Waals surface area contributed by atoms with E-state index in [1.54, 1.807) is 18.3 Å². The van der Waals surface area contributed by atoms with Gasteiger partial charge in [-0.05, 0) is 45.4 Å². The number of hydrogen-bond acceptors (Lipinski definition) is 6. The number of ether oxygens (including phenoxy) is 1. The topological polar surface area (TPSA) is 67.3 Å². The summed E-state index contributed by atoms with van der Waals surface area (Å²) in [7, 11) is 0. The van der Waals surface area contributed by atoms with Crippen LogP contribution in [0.25, 0.3) is 21.3 Å². The number of aryl methyl sites for hydroxylation is 2. The summed E-state index contributed by atoms with van der Waals surface area (Å²) in [6.45, 7) is 8.82. The van der Waals surface area contributed by atoms with Gasteiger partial charge in [0.25, 0.3) is 0 Å². The standard InChI is InChI=1S/C19H23N3O2S/c1-5-24-15-8-6-14(7-9-15)16-12(3)25-19-17(16)18(20-10-11(2)23)21-13(4)22-19/h6-9,11,23H,5,10H2,1-4H3,(H,20,21,22). The van der Waals surface area contributed by atoms with Crippen LogP contribution < -0.4 is 10.1 Å². The Morgan fingerprint density at radius 2 is 1.92 bits per heavy atom. The largest absolute Gasteiger partial charge is 0.494 e. The molecular weight excluding hydrogens is 334 g/mol. The average molecular weight is 357 g/mol. The lowest BCUT2D eigenvalue weighted by Crippen LogP contribution is -2.16. The number of nitrogens with zero attached hydrogens (tertiary/aromatic N) is 2. The van der Waals surface area contributed by atoms with Crippen LogP contribution in [0.1, 0.15) is 24.5 Å².